The first kappa shape index (κ1) is 20.1. The lowest BCUT2D eigenvalue weighted by Gasteiger charge is -2.20. The largest absolute Gasteiger partial charge is 0.435 e. The second-order valence-electron chi connectivity index (χ2n) is 5.77. The van der Waals surface area contributed by atoms with Crippen LogP contribution in [-0.2, 0) is 6.54 Å². The third kappa shape index (κ3) is 4.52. The van der Waals surface area contributed by atoms with Gasteiger partial charge >= 0.3 is 12.3 Å². The molecular formula is C17H20F2N4O4. The predicted octanol–water partition coefficient (Wildman–Crippen LogP) is 1.80. The van der Waals surface area contributed by atoms with Crippen molar-refractivity contribution in [1.82, 2.24) is 9.55 Å². The van der Waals surface area contributed by atoms with Gasteiger partial charge in [0.05, 0.1) is 0 Å². The Hall–Kier alpha value is -3.17. The average molecular weight is 382 g/mol. The maximum atomic E-state index is 12.7. The summed E-state index contributed by atoms with van der Waals surface area (Å²) in [5.74, 6) is -1.01. The summed E-state index contributed by atoms with van der Waals surface area (Å²) in [7, 11) is 1.30. The Morgan fingerprint density at radius 3 is 2.70 bits per heavy atom. The molecule has 27 heavy (non-hydrogen) atoms. The monoisotopic (exact) mass is 382 g/mol. The minimum absolute atomic E-state index is 0.0146. The molecule has 0 aliphatic carbocycles. The number of alkyl halides is 2. The van der Waals surface area contributed by atoms with Crippen LogP contribution in [0.1, 0.15) is 30.1 Å². The van der Waals surface area contributed by atoms with Gasteiger partial charge in [0.25, 0.3) is 11.5 Å². The third-order valence-electron chi connectivity index (χ3n) is 3.90. The normalized spacial score (nSPS) is 10.9. The van der Waals surface area contributed by atoms with Crippen molar-refractivity contribution < 1.29 is 18.3 Å². The Morgan fingerprint density at radius 1 is 1.37 bits per heavy atom. The summed E-state index contributed by atoms with van der Waals surface area (Å²) < 4.78 is 30.2. The second-order valence-corrected chi connectivity index (χ2v) is 5.77. The molecule has 0 bridgehead atoms. The van der Waals surface area contributed by atoms with Crippen molar-refractivity contribution in [3.05, 3.63) is 50.7 Å². The highest BCUT2D eigenvalue weighted by atomic mass is 19.3. The van der Waals surface area contributed by atoms with Crippen molar-refractivity contribution in [2.45, 2.75) is 32.9 Å². The Bertz CT molecular complexity index is 939. The number of amides is 1. The molecule has 1 heterocycles. The second kappa shape index (κ2) is 8.47. The number of hydrogen-bond donors (Lipinski definition) is 2. The van der Waals surface area contributed by atoms with E-state index in [-0.39, 0.29) is 29.4 Å². The van der Waals surface area contributed by atoms with Gasteiger partial charge in [0.2, 0.25) is 0 Å². The molecule has 8 nitrogen and oxygen atoms in total. The zero-order chi connectivity index (χ0) is 20.1. The highest BCUT2D eigenvalue weighted by Gasteiger charge is 2.22. The Kier molecular flexibility index (Phi) is 6.32. The van der Waals surface area contributed by atoms with Crippen LogP contribution in [0.5, 0.6) is 5.75 Å². The number of nitrogens with zero attached hydrogens (tertiary/aromatic N) is 2. The van der Waals surface area contributed by atoms with Gasteiger partial charge in [0, 0.05) is 19.2 Å². The van der Waals surface area contributed by atoms with Crippen LogP contribution in [0.25, 0.3) is 0 Å². The summed E-state index contributed by atoms with van der Waals surface area (Å²) in [4.78, 5) is 40.0. The first-order chi connectivity index (χ1) is 12.8. The van der Waals surface area contributed by atoms with Gasteiger partial charge in [-0.05, 0) is 24.6 Å². The number of carbonyl (C=O) groups excluding carboxylic acids is 1. The number of aromatic amines is 1. The lowest BCUT2D eigenvalue weighted by Crippen LogP contribution is -2.39. The number of unbranched alkanes of at least 4 members (excludes halogenated alkanes) is 1. The minimum atomic E-state index is -3.03. The van der Waals surface area contributed by atoms with Crippen molar-refractivity contribution in [2.24, 2.45) is 0 Å². The number of aromatic nitrogens is 2. The Labute approximate surface area is 153 Å². The molecule has 2 rings (SSSR count). The van der Waals surface area contributed by atoms with Gasteiger partial charge in [-0.25, -0.2) is 4.79 Å². The van der Waals surface area contributed by atoms with Gasteiger partial charge in [0.15, 0.2) is 5.69 Å². The molecule has 0 atom stereocenters. The molecule has 0 aliphatic heterocycles. The maximum Gasteiger partial charge on any atom is 0.387 e. The first-order valence-electron chi connectivity index (χ1n) is 8.21. The van der Waals surface area contributed by atoms with Crippen LogP contribution in [0.4, 0.5) is 20.3 Å². The fourth-order valence-electron chi connectivity index (χ4n) is 2.54. The lowest BCUT2D eigenvalue weighted by atomic mass is 10.2. The number of halogens is 2. The fourth-order valence-corrected chi connectivity index (χ4v) is 2.54. The summed E-state index contributed by atoms with van der Waals surface area (Å²) in [5.41, 5.74) is 4.30. The van der Waals surface area contributed by atoms with E-state index in [4.69, 9.17) is 5.73 Å². The van der Waals surface area contributed by atoms with Crippen LogP contribution < -0.4 is 26.6 Å². The van der Waals surface area contributed by atoms with E-state index in [1.165, 1.54) is 29.8 Å². The zero-order valence-corrected chi connectivity index (χ0v) is 14.9. The van der Waals surface area contributed by atoms with E-state index >= 15 is 0 Å². The van der Waals surface area contributed by atoms with Crippen LogP contribution >= 0.6 is 0 Å². The average Bonchev–Trinajstić information content (AvgIpc) is 2.60. The number of nitrogen functional groups attached to an aromatic ring is 1. The maximum absolute atomic E-state index is 12.7. The molecule has 10 heteroatoms. The number of nitrogens with one attached hydrogen (secondary N) is 1. The summed E-state index contributed by atoms with van der Waals surface area (Å²) >= 11 is 0. The standard InChI is InChI=1S/C17H20F2N4O4/c1-3-4-8-23-13(20)12(14(24)21-17(23)26)22(2)15(25)10-6-5-7-11(9-10)27-16(18)19/h5-7,9,16H,3-4,8,20H2,1-2H3,(H,21,24,26). The van der Waals surface area contributed by atoms with Gasteiger partial charge in [0.1, 0.15) is 11.6 Å². The summed E-state index contributed by atoms with van der Waals surface area (Å²) in [5, 5.41) is 0. The van der Waals surface area contributed by atoms with Crippen molar-refractivity contribution in [1.29, 1.82) is 0 Å². The van der Waals surface area contributed by atoms with E-state index in [1.807, 2.05) is 6.92 Å². The third-order valence-corrected chi connectivity index (χ3v) is 3.90. The number of benzene rings is 1. The summed E-state index contributed by atoms with van der Waals surface area (Å²) in [6.45, 7) is -0.823. The quantitative estimate of drug-likeness (QED) is 0.759. The number of H-pyrrole nitrogens is 1. The first-order valence-corrected chi connectivity index (χ1v) is 8.21. The molecule has 0 unspecified atom stereocenters. The number of hydrogen-bond acceptors (Lipinski definition) is 5. The minimum Gasteiger partial charge on any atom is -0.435 e. The fraction of sp³-hybridized carbons (Fsp3) is 0.353. The van der Waals surface area contributed by atoms with E-state index in [2.05, 4.69) is 9.72 Å². The highest BCUT2D eigenvalue weighted by molar-refractivity contribution is 6.07. The Morgan fingerprint density at radius 2 is 2.07 bits per heavy atom. The van der Waals surface area contributed by atoms with Gasteiger partial charge in [-0.2, -0.15) is 8.78 Å². The molecule has 3 N–H and O–H groups in total. The van der Waals surface area contributed by atoms with Crippen LogP contribution in [0.2, 0.25) is 0 Å². The van der Waals surface area contributed by atoms with Crippen LogP contribution in [0.3, 0.4) is 0 Å². The molecule has 2 aromatic rings. The van der Waals surface area contributed by atoms with Crippen LogP contribution in [-0.4, -0.2) is 29.1 Å². The number of nitrogens with two attached hydrogens (primary N) is 1. The number of rotatable bonds is 7. The Balaban J connectivity index is 2.42. The molecule has 0 saturated carbocycles. The molecule has 0 saturated heterocycles. The smallest absolute Gasteiger partial charge is 0.387 e. The van der Waals surface area contributed by atoms with Crippen molar-refractivity contribution >= 4 is 17.4 Å². The van der Waals surface area contributed by atoms with E-state index in [9.17, 15) is 23.2 Å². The van der Waals surface area contributed by atoms with E-state index in [0.717, 1.165) is 17.4 Å². The highest BCUT2D eigenvalue weighted by Crippen LogP contribution is 2.21. The van der Waals surface area contributed by atoms with Crippen molar-refractivity contribution in [3.8, 4) is 5.75 Å². The van der Waals surface area contributed by atoms with Gasteiger partial charge in [-0.1, -0.05) is 19.4 Å². The van der Waals surface area contributed by atoms with Crippen LogP contribution in [0, 0.1) is 0 Å². The molecule has 0 fully saturated rings. The van der Waals surface area contributed by atoms with E-state index < -0.39 is 23.8 Å². The predicted molar refractivity (Wildman–Crippen MR) is 96.5 cm³/mol. The van der Waals surface area contributed by atoms with Gasteiger partial charge in [-0.15, -0.1) is 0 Å². The number of anilines is 2. The molecular weight excluding hydrogens is 362 g/mol. The molecule has 1 amide bonds. The van der Waals surface area contributed by atoms with Crippen LogP contribution in [0.15, 0.2) is 33.9 Å². The van der Waals surface area contributed by atoms with Crippen molar-refractivity contribution in [2.75, 3.05) is 17.7 Å². The molecule has 1 aromatic heterocycles. The van der Waals surface area contributed by atoms with Gasteiger partial charge < -0.3 is 15.4 Å². The number of carbonyl (C=O) groups is 1. The van der Waals surface area contributed by atoms with E-state index in [0.29, 0.717) is 6.42 Å². The van der Waals surface area contributed by atoms with Gasteiger partial charge in [-0.3, -0.25) is 19.1 Å². The molecule has 1 aromatic carbocycles. The lowest BCUT2D eigenvalue weighted by molar-refractivity contribution is -0.0498. The topological polar surface area (TPSA) is 110 Å². The molecule has 0 aliphatic rings. The summed E-state index contributed by atoms with van der Waals surface area (Å²) in [6.07, 6.45) is 1.45. The summed E-state index contributed by atoms with van der Waals surface area (Å²) in [6, 6.07) is 5.15. The van der Waals surface area contributed by atoms with Crippen molar-refractivity contribution in [3.63, 3.8) is 0 Å². The molecule has 146 valence electrons. The zero-order valence-electron chi connectivity index (χ0n) is 14.9. The SMILES string of the molecule is CCCCn1c(N)c(N(C)C(=O)c2cccc(OC(F)F)c2)c(=O)[nH]c1=O. The number of ether oxygens (including phenoxy) is 1. The molecule has 0 radical (unpaired) electrons. The molecule has 0 spiro atoms. The van der Waals surface area contributed by atoms with E-state index in [1.54, 1.807) is 0 Å².